The average Bonchev–Trinajstić information content (AvgIpc) is 2.93. The number of carbonyl (C=O) groups excluding carboxylic acids is 1. The van der Waals surface area contributed by atoms with Crippen molar-refractivity contribution in [1.82, 2.24) is 9.88 Å². The molecule has 0 radical (unpaired) electrons. The van der Waals surface area contributed by atoms with Crippen LogP contribution in [-0.2, 0) is 0 Å². The molecule has 0 spiro atoms. The van der Waals surface area contributed by atoms with Crippen LogP contribution in [0, 0.1) is 0 Å². The van der Waals surface area contributed by atoms with Crippen molar-refractivity contribution in [3.05, 3.63) is 47.2 Å². The van der Waals surface area contributed by atoms with Gasteiger partial charge < -0.3 is 19.4 Å². The molecule has 1 aliphatic heterocycles. The normalized spacial score (nSPS) is 16.6. The molecule has 6 heteroatoms. The van der Waals surface area contributed by atoms with Crippen LogP contribution < -0.4 is 9.47 Å². The van der Waals surface area contributed by atoms with Crippen LogP contribution in [-0.4, -0.2) is 42.1 Å². The number of hydrogen-bond donors (Lipinski definition) is 1. The summed E-state index contributed by atoms with van der Waals surface area (Å²) in [6.07, 6.45) is 1.39. The average molecular weight is 307 g/mol. The Morgan fingerprint density at radius 2 is 2.19 bits per heavy atom. The topological polar surface area (TPSA) is 54.6 Å². The fraction of sp³-hybridized carbons (Fsp3) is 0.267. The molecule has 2 aromatic rings. The van der Waals surface area contributed by atoms with Gasteiger partial charge in [-0.2, -0.15) is 0 Å². The van der Waals surface area contributed by atoms with E-state index in [9.17, 15) is 4.79 Å². The van der Waals surface area contributed by atoms with Crippen LogP contribution in [0.25, 0.3) is 0 Å². The first-order chi connectivity index (χ1) is 10.1. The van der Waals surface area contributed by atoms with Crippen LogP contribution in [0.5, 0.6) is 11.5 Å². The first-order valence-corrected chi connectivity index (χ1v) is 6.99. The zero-order valence-corrected chi connectivity index (χ0v) is 12.3. The lowest BCUT2D eigenvalue weighted by Crippen LogP contribution is -2.41. The number of nitrogens with one attached hydrogen (secondary N) is 1. The van der Waals surface area contributed by atoms with E-state index >= 15 is 0 Å². The highest BCUT2D eigenvalue weighted by Gasteiger charge is 2.24. The second-order valence-electron chi connectivity index (χ2n) is 4.91. The summed E-state index contributed by atoms with van der Waals surface area (Å²) < 4.78 is 11.5. The van der Waals surface area contributed by atoms with E-state index in [1.54, 1.807) is 24.2 Å². The van der Waals surface area contributed by atoms with Gasteiger partial charge in [0.1, 0.15) is 12.3 Å². The number of rotatable bonds is 3. The summed E-state index contributed by atoms with van der Waals surface area (Å²) in [4.78, 5) is 16.6. The van der Waals surface area contributed by atoms with Crippen molar-refractivity contribution in [3.8, 4) is 11.5 Å². The van der Waals surface area contributed by atoms with E-state index in [2.05, 4.69) is 4.98 Å². The fourth-order valence-electron chi connectivity index (χ4n) is 2.24. The van der Waals surface area contributed by atoms with Crippen molar-refractivity contribution < 1.29 is 14.3 Å². The van der Waals surface area contributed by atoms with E-state index in [1.807, 2.05) is 24.3 Å². The summed E-state index contributed by atoms with van der Waals surface area (Å²) >= 11 is 5.81. The van der Waals surface area contributed by atoms with Gasteiger partial charge in [0.2, 0.25) is 0 Å². The summed E-state index contributed by atoms with van der Waals surface area (Å²) in [6, 6.07) is 9.11. The van der Waals surface area contributed by atoms with Gasteiger partial charge in [-0.25, -0.2) is 0 Å². The fourth-order valence-corrected chi connectivity index (χ4v) is 2.40. The molecule has 110 valence electrons. The quantitative estimate of drug-likeness (QED) is 0.948. The highest BCUT2D eigenvalue weighted by atomic mass is 35.5. The Balaban J connectivity index is 1.63. The molecular formula is C15H15ClN2O3. The van der Waals surface area contributed by atoms with Gasteiger partial charge in [-0.05, 0) is 18.2 Å². The van der Waals surface area contributed by atoms with Gasteiger partial charge in [0.15, 0.2) is 17.6 Å². The number of para-hydroxylation sites is 2. The smallest absolute Gasteiger partial charge is 0.270 e. The van der Waals surface area contributed by atoms with Crippen molar-refractivity contribution in [2.24, 2.45) is 0 Å². The molecule has 0 fully saturated rings. The van der Waals surface area contributed by atoms with Crippen LogP contribution in [0.3, 0.4) is 0 Å². The highest BCUT2D eigenvalue weighted by molar-refractivity contribution is 6.30. The Bertz CT molecular complexity index is 656. The minimum absolute atomic E-state index is 0.135. The molecule has 1 atom stereocenters. The maximum atomic E-state index is 12.2. The number of ether oxygens (including phenoxy) is 2. The number of nitrogens with zero attached hydrogens (tertiary/aromatic N) is 1. The lowest BCUT2D eigenvalue weighted by Gasteiger charge is -2.29. The first kappa shape index (κ1) is 13.8. The van der Waals surface area contributed by atoms with E-state index in [0.717, 1.165) is 5.75 Å². The van der Waals surface area contributed by atoms with Gasteiger partial charge >= 0.3 is 0 Å². The van der Waals surface area contributed by atoms with Crippen molar-refractivity contribution >= 4 is 17.5 Å². The number of aromatic amines is 1. The van der Waals surface area contributed by atoms with E-state index in [1.165, 1.54) is 0 Å². The molecule has 1 aromatic heterocycles. The highest BCUT2D eigenvalue weighted by Crippen LogP contribution is 2.31. The molecule has 0 unspecified atom stereocenters. The van der Waals surface area contributed by atoms with Crippen LogP contribution >= 0.6 is 11.6 Å². The molecule has 0 bridgehead atoms. The zero-order valence-electron chi connectivity index (χ0n) is 11.5. The minimum atomic E-state index is -0.195. The molecule has 0 aliphatic carbocycles. The van der Waals surface area contributed by atoms with Crippen molar-refractivity contribution in [3.63, 3.8) is 0 Å². The number of halogens is 1. The monoisotopic (exact) mass is 306 g/mol. The number of aromatic nitrogens is 1. The van der Waals surface area contributed by atoms with Crippen LogP contribution in [0.4, 0.5) is 0 Å². The largest absolute Gasteiger partial charge is 0.486 e. The predicted octanol–water partition coefficient (Wildman–Crippen LogP) is 2.58. The molecule has 1 N–H and O–H groups in total. The molecular weight excluding hydrogens is 292 g/mol. The van der Waals surface area contributed by atoms with E-state index in [4.69, 9.17) is 21.1 Å². The zero-order chi connectivity index (χ0) is 14.8. The molecule has 1 amide bonds. The van der Waals surface area contributed by atoms with E-state index in [-0.39, 0.29) is 12.0 Å². The summed E-state index contributed by atoms with van der Waals surface area (Å²) in [5.41, 5.74) is 0.458. The molecule has 0 saturated heterocycles. The van der Waals surface area contributed by atoms with Gasteiger partial charge in [-0.1, -0.05) is 23.7 Å². The third kappa shape index (κ3) is 2.97. The SMILES string of the molecule is CN(C[C@@H]1COc2ccccc2O1)C(=O)c1cc(Cl)c[nH]1. The third-order valence-electron chi connectivity index (χ3n) is 3.27. The van der Waals surface area contributed by atoms with Gasteiger partial charge in [0.25, 0.3) is 5.91 Å². The number of fused-ring (bicyclic) bond motifs is 1. The van der Waals surface area contributed by atoms with E-state index < -0.39 is 0 Å². The van der Waals surface area contributed by atoms with Crippen LogP contribution in [0.2, 0.25) is 5.02 Å². The minimum Gasteiger partial charge on any atom is -0.486 e. The molecule has 1 aliphatic rings. The van der Waals surface area contributed by atoms with E-state index in [0.29, 0.717) is 29.6 Å². The summed E-state index contributed by atoms with van der Waals surface area (Å²) in [5.74, 6) is 1.31. The third-order valence-corrected chi connectivity index (χ3v) is 3.49. The molecule has 0 saturated carbocycles. The molecule has 5 nitrogen and oxygen atoms in total. The summed E-state index contributed by atoms with van der Waals surface area (Å²) in [6.45, 7) is 0.851. The summed E-state index contributed by atoms with van der Waals surface area (Å²) in [5, 5.41) is 0.512. The first-order valence-electron chi connectivity index (χ1n) is 6.61. The number of carbonyl (C=O) groups is 1. The molecule has 2 heterocycles. The number of likely N-dealkylation sites (N-methyl/N-ethyl adjacent to an activating group) is 1. The standard InChI is InChI=1S/C15H15ClN2O3/c1-18(15(19)12-6-10(16)7-17-12)8-11-9-20-13-4-2-3-5-14(13)21-11/h2-7,11,17H,8-9H2,1H3/t11-/m1/s1. The Morgan fingerprint density at radius 1 is 1.43 bits per heavy atom. The lowest BCUT2D eigenvalue weighted by molar-refractivity contribution is 0.0518. The molecule has 3 rings (SSSR count). The maximum absolute atomic E-state index is 12.2. The van der Waals surface area contributed by atoms with Gasteiger partial charge in [0.05, 0.1) is 11.6 Å². The second-order valence-corrected chi connectivity index (χ2v) is 5.35. The Kier molecular flexibility index (Phi) is 3.75. The molecule has 1 aromatic carbocycles. The lowest BCUT2D eigenvalue weighted by atomic mass is 10.2. The Labute approximate surface area is 127 Å². The van der Waals surface area contributed by atoms with Crippen molar-refractivity contribution in [2.45, 2.75) is 6.10 Å². The van der Waals surface area contributed by atoms with Gasteiger partial charge in [0, 0.05) is 13.2 Å². The van der Waals surface area contributed by atoms with Gasteiger partial charge in [-0.15, -0.1) is 0 Å². The maximum Gasteiger partial charge on any atom is 0.270 e. The van der Waals surface area contributed by atoms with Crippen LogP contribution in [0.15, 0.2) is 36.5 Å². The second kappa shape index (κ2) is 5.69. The summed E-state index contributed by atoms with van der Waals surface area (Å²) in [7, 11) is 1.72. The number of benzene rings is 1. The van der Waals surface area contributed by atoms with Crippen molar-refractivity contribution in [2.75, 3.05) is 20.2 Å². The predicted molar refractivity (Wildman–Crippen MR) is 79.1 cm³/mol. The van der Waals surface area contributed by atoms with Gasteiger partial charge in [-0.3, -0.25) is 4.79 Å². The van der Waals surface area contributed by atoms with Crippen molar-refractivity contribution in [1.29, 1.82) is 0 Å². The number of H-pyrrole nitrogens is 1. The number of hydrogen-bond acceptors (Lipinski definition) is 3. The van der Waals surface area contributed by atoms with Crippen LogP contribution in [0.1, 0.15) is 10.5 Å². The molecule has 21 heavy (non-hydrogen) atoms. The Morgan fingerprint density at radius 3 is 2.90 bits per heavy atom. The number of amides is 1. The Hall–Kier alpha value is -2.14.